The molecule has 2 heteroatoms. The van der Waals surface area contributed by atoms with Crippen LogP contribution in [0.2, 0.25) is 0 Å². The van der Waals surface area contributed by atoms with Gasteiger partial charge in [0.05, 0.1) is 0 Å². The minimum atomic E-state index is -2.91. The minimum Gasteiger partial charge on any atom is -0.309 e. The fraction of sp³-hybridized carbons (Fsp3) is 0.120. The highest BCUT2D eigenvalue weighted by Crippen LogP contribution is 2.42. The first kappa shape index (κ1) is 17.8. The standard InChI is InChI=1S/C25H23OP/c1-19(2)20-13-14-22-18-25(16-15-21(22)17-20)27(26,23-9-5-3-6-10-23)24-11-7-4-8-12-24/h3-19H,1-2H3. The molecule has 0 aliphatic rings. The molecule has 4 aromatic rings. The van der Waals surface area contributed by atoms with Crippen molar-refractivity contribution < 1.29 is 4.57 Å². The van der Waals surface area contributed by atoms with Crippen molar-refractivity contribution in [1.29, 1.82) is 0 Å². The lowest BCUT2D eigenvalue weighted by Crippen LogP contribution is -2.24. The van der Waals surface area contributed by atoms with E-state index in [1.807, 2.05) is 66.7 Å². The van der Waals surface area contributed by atoms with E-state index >= 15 is 0 Å². The van der Waals surface area contributed by atoms with E-state index < -0.39 is 7.14 Å². The Hall–Kier alpha value is -2.63. The maximum atomic E-state index is 14.4. The fourth-order valence-corrected chi connectivity index (χ4v) is 6.21. The van der Waals surface area contributed by atoms with E-state index in [0.717, 1.165) is 21.3 Å². The molecule has 0 amide bonds. The summed E-state index contributed by atoms with van der Waals surface area (Å²) in [5.41, 5.74) is 1.32. The van der Waals surface area contributed by atoms with E-state index in [4.69, 9.17) is 0 Å². The van der Waals surface area contributed by atoms with E-state index in [2.05, 4.69) is 44.2 Å². The first-order valence-corrected chi connectivity index (χ1v) is 11.1. The Kier molecular flexibility index (Phi) is 4.72. The second kappa shape index (κ2) is 7.18. The Bertz CT molecular complexity index is 1070. The van der Waals surface area contributed by atoms with Crippen LogP contribution in [-0.2, 0) is 4.57 Å². The zero-order chi connectivity index (χ0) is 18.9. The van der Waals surface area contributed by atoms with Gasteiger partial charge in [-0.25, -0.2) is 0 Å². The predicted octanol–water partition coefficient (Wildman–Crippen LogP) is 5.60. The molecular weight excluding hydrogens is 347 g/mol. The van der Waals surface area contributed by atoms with Gasteiger partial charge in [0.1, 0.15) is 0 Å². The number of benzene rings is 4. The average Bonchev–Trinajstić information content (AvgIpc) is 2.73. The molecule has 0 aromatic heterocycles. The van der Waals surface area contributed by atoms with Gasteiger partial charge in [0.25, 0.3) is 0 Å². The lowest BCUT2D eigenvalue weighted by atomic mass is 9.99. The fourth-order valence-electron chi connectivity index (χ4n) is 3.53. The largest absolute Gasteiger partial charge is 0.309 e. The SMILES string of the molecule is CC(C)c1ccc2cc(P(=O)(c3ccccc3)c3ccccc3)ccc2c1. The van der Waals surface area contributed by atoms with Crippen LogP contribution in [0.1, 0.15) is 25.3 Å². The number of hydrogen-bond acceptors (Lipinski definition) is 1. The van der Waals surface area contributed by atoms with Gasteiger partial charge in [-0.15, -0.1) is 0 Å². The lowest BCUT2D eigenvalue weighted by Gasteiger charge is -2.20. The van der Waals surface area contributed by atoms with Crippen LogP contribution in [-0.4, -0.2) is 0 Å². The van der Waals surface area contributed by atoms with Crippen LogP contribution in [0.3, 0.4) is 0 Å². The highest BCUT2D eigenvalue weighted by atomic mass is 31.2. The highest BCUT2D eigenvalue weighted by Gasteiger charge is 2.29. The number of rotatable bonds is 4. The van der Waals surface area contributed by atoms with Crippen LogP contribution >= 0.6 is 7.14 Å². The molecule has 27 heavy (non-hydrogen) atoms. The molecule has 0 aliphatic carbocycles. The van der Waals surface area contributed by atoms with Crippen LogP contribution in [0, 0.1) is 0 Å². The second-order valence-electron chi connectivity index (χ2n) is 7.23. The average molecular weight is 370 g/mol. The number of fused-ring (bicyclic) bond motifs is 1. The maximum absolute atomic E-state index is 14.4. The molecular formula is C25H23OP. The van der Waals surface area contributed by atoms with Gasteiger partial charge in [0.15, 0.2) is 7.14 Å². The Morgan fingerprint density at radius 1 is 0.593 bits per heavy atom. The Balaban J connectivity index is 1.93. The van der Waals surface area contributed by atoms with Crippen molar-refractivity contribution in [2.24, 2.45) is 0 Å². The highest BCUT2D eigenvalue weighted by molar-refractivity contribution is 7.85. The molecule has 4 rings (SSSR count). The van der Waals surface area contributed by atoms with Crippen LogP contribution in [0.5, 0.6) is 0 Å². The molecule has 0 radical (unpaired) electrons. The van der Waals surface area contributed by atoms with Crippen molar-refractivity contribution >= 4 is 33.8 Å². The second-order valence-corrected chi connectivity index (χ2v) is 9.99. The van der Waals surface area contributed by atoms with E-state index in [1.54, 1.807) is 0 Å². The van der Waals surface area contributed by atoms with Gasteiger partial charge < -0.3 is 4.57 Å². The summed E-state index contributed by atoms with van der Waals surface area (Å²) in [6.45, 7) is 4.41. The summed E-state index contributed by atoms with van der Waals surface area (Å²) in [4.78, 5) is 0. The van der Waals surface area contributed by atoms with Crippen molar-refractivity contribution in [3.8, 4) is 0 Å². The van der Waals surface area contributed by atoms with Gasteiger partial charge in [-0.3, -0.25) is 0 Å². The van der Waals surface area contributed by atoms with Crippen molar-refractivity contribution in [1.82, 2.24) is 0 Å². The topological polar surface area (TPSA) is 17.1 Å². The molecule has 0 unspecified atom stereocenters. The van der Waals surface area contributed by atoms with E-state index in [9.17, 15) is 4.57 Å². The van der Waals surface area contributed by atoms with Crippen molar-refractivity contribution in [3.05, 3.63) is 103 Å². The first-order valence-electron chi connectivity index (χ1n) is 9.34. The van der Waals surface area contributed by atoms with E-state index in [-0.39, 0.29) is 0 Å². The molecule has 0 aliphatic heterocycles. The van der Waals surface area contributed by atoms with Gasteiger partial charge in [-0.05, 0) is 28.3 Å². The smallest absolute Gasteiger partial charge is 0.171 e. The third-order valence-corrected chi connectivity index (χ3v) is 8.17. The predicted molar refractivity (Wildman–Crippen MR) is 117 cm³/mol. The van der Waals surface area contributed by atoms with Crippen LogP contribution in [0.15, 0.2) is 97.1 Å². The van der Waals surface area contributed by atoms with Crippen molar-refractivity contribution in [3.63, 3.8) is 0 Å². The monoisotopic (exact) mass is 370 g/mol. The lowest BCUT2D eigenvalue weighted by molar-refractivity contribution is 0.592. The molecule has 0 saturated heterocycles. The van der Waals surface area contributed by atoms with Gasteiger partial charge >= 0.3 is 0 Å². The van der Waals surface area contributed by atoms with Gasteiger partial charge in [-0.2, -0.15) is 0 Å². The zero-order valence-corrected chi connectivity index (χ0v) is 16.6. The molecule has 0 atom stereocenters. The summed E-state index contributed by atoms with van der Waals surface area (Å²) >= 11 is 0. The van der Waals surface area contributed by atoms with Gasteiger partial charge in [-0.1, -0.05) is 105 Å². The summed E-state index contributed by atoms with van der Waals surface area (Å²) in [6.07, 6.45) is 0. The first-order chi connectivity index (χ1) is 13.1. The normalized spacial score (nSPS) is 11.8. The molecule has 0 saturated carbocycles. The molecule has 0 N–H and O–H groups in total. The van der Waals surface area contributed by atoms with Gasteiger partial charge in [0.2, 0.25) is 0 Å². The Morgan fingerprint density at radius 3 is 1.67 bits per heavy atom. The third-order valence-electron chi connectivity index (χ3n) is 5.12. The summed E-state index contributed by atoms with van der Waals surface area (Å²) in [5, 5.41) is 4.94. The molecule has 0 heterocycles. The van der Waals surface area contributed by atoms with Crippen LogP contribution in [0.4, 0.5) is 0 Å². The molecule has 4 aromatic carbocycles. The zero-order valence-electron chi connectivity index (χ0n) is 15.7. The maximum Gasteiger partial charge on any atom is 0.171 e. The van der Waals surface area contributed by atoms with Crippen molar-refractivity contribution in [2.75, 3.05) is 0 Å². The summed E-state index contributed by atoms with van der Waals surface area (Å²) < 4.78 is 14.4. The molecule has 1 nitrogen and oxygen atoms in total. The molecule has 0 fully saturated rings. The van der Waals surface area contributed by atoms with E-state index in [1.165, 1.54) is 10.9 Å². The Labute approximate surface area is 161 Å². The van der Waals surface area contributed by atoms with Crippen molar-refractivity contribution in [2.45, 2.75) is 19.8 Å². The van der Waals surface area contributed by atoms with Crippen LogP contribution < -0.4 is 15.9 Å². The molecule has 0 spiro atoms. The minimum absolute atomic E-state index is 0.494. The number of hydrogen-bond donors (Lipinski definition) is 0. The molecule has 0 bridgehead atoms. The summed E-state index contributed by atoms with van der Waals surface area (Å²) in [7, 11) is -2.91. The summed E-state index contributed by atoms with van der Waals surface area (Å²) in [5.74, 6) is 0.494. The summed E-state index contributed by atoms with van der Waals surface area (Å²) in [6, 6.07) is 32.5. The quantitative estimate of drug-likeness (QED) is 0.427. The van der Waals surface area contributed by atoms with Gasteiger partial charge in [0, 0.05) is 15.9 Å². The molecule has 134 valence electrons. The van der Waals surface area contributed by atoms with E-state index in [0.29, 0.717) is 5.92 Å². The van der Waals surface area contributed by atoms with Crippen LogP contribution in [0.25, 0.3) is 10.8 Å². The Morgan fingerprint density at radius 2 is 1.11 bits per heavy atom. The third kappa shape index (κ3) is 3.24.